The van der Waals surface area contributed by atoms with Gasteiger partial charge in [-0.15, -0.1) is 0 Å². The summed E-state index contributed by atoms with van der Waals surface area (Å²) in [7, 11) is 0. The first-order valence-corrected chi connectivity index (χ1v) is 13.5. The zero-order valence-corrected chi connectivity index (χ0v) is 20.0. The molecule has 0 aliphatic carbocycles. The van der Waals surface area contributed by atoms with Crippen molar-refractivity contribution in [1.82, 2.24) is 0 Å². The van der Waals surface area contributed by atoms with Crippen molar-refractivity contribution < 1.29 is 5.11 Å². The molecular weight excluding hydrogens is 340 g/mol. The first-order valence-electron chi connectivity index (χ1n) is 13.5. The number of aliphatic hydroxyl groups excluding tert-OH is 1. The first-order chi connectivity index (χ1) is 13.8. The van der Waals surface area contributed by atoms with E-state index in [1.807, 2.05) is 0 Å². The summed E-state index contributed by atoms with van der Waals surface area (Å²) in [5.74, 6) is 0. The van der Waals surface area contributed by atoms with Crippen LogP contribution >= 0.6 is 0 Å². The Morgan fingerprint density at radius 2 is 0.571 bits per heavy atom. The fourth-order valence-corrected chi connectivity index (χ4v) is 4.23. The zero-order valence-electron chi connectivity index (χ0n) is 20.0. The molecule has 1 heteroatoms. The Kier molecular flexibility index (Phi) is 25.0. The van der Waals surface area contributed by atoms with Crippen LogP contribution in [0.3, 0.4) is 0 Å². The molecule has 0 saturated carbocycles. The molecule has 1 atom stereocenters. The van der Waals surface area contributed by atoms with Crippen molar-refractivity contribution in [3.05, 3.63) is 0 Å². The molecule has 170 valence electrons. The van der Waals surface area contributed by atoms with Crippen molar-refractivity contribution in [2.24, 2.45) is 0 Å². The third-order valence-corrected chi connectivity index (χ3v) is 6.28. The van der Waals surface area contributed by atoms with E-state index in [-0.39, 0.29) is 6.10 Å². The molecule has 0 amide bonds. The fourth-order valence-electron chi connectivity index (χ4n) is 4.23. The molecule has 0 radical (unpaired) electrons. The van der Waals surface area contributed by atoms with Gasteiger partial charge in [0.1, 0.15) is 0 Å². The summed E-state index contributed by atoms with van der Waals surface area (Å²) in [5.41, 5.74) is 0. The number of aliphatic hydroxyl groups is 1. The highest BCUT2D eigenvalue weighted by Crippen LogP contribution is 2.16. The molecule has 1 nitrogen and oxygen atoms in total. The molecule has 0 fully saturated rings. The molecule has 0 aromatic heterocycles. The zero-order chi connectivity index (χ0) is 20.5. The minimum Gasteiger partial charge on any atom is -0.393 e. The Morgan fingerprint density at radius 1 is 0.357 bits per heavy atom. The molecule has 0 aromatic carbocycles. The van der Waals surface area contributed by atoms with Crippen LogP contribution in [0.1, 0.15) is 168 Å². The summed E-state index contributed by atoms with van der Waals surface area (Å²) in [5, 5.41) is 10.1. The van der Waals surface area contributed by atoms with Gasteiger partial charge in [0.05, 0.1) is 6.10 Å². The van der Waals surface area contributed by atoms with E-state index in [0.29, 0.717) is 0 Å². The summed E-state index contributed by atoms with van der Waals surface area (Å²) in [6.07, 6.45) is 32.7. The molecule has 0 bridgehead atoms. The minimum absolute atomic E-state index is 0.0302. The molecule has 1 N–H and O–H groups in total. The van der Waals surface area contributed by atoms with Crippen molar-refractivity contribution in [3.63, 3.8) is 0 Å². The highest BCUT2D eigenvalue weighted by Gasteiger charge is 2.03. The number of hydrogen-bond acceptors (Lipinski definition) is 1. The predicted molar refractivity (Wildman–Crippen MR) is 128 cm³/mol. The van der Waals surface area contributed by atoms with Gasteiger partial charge in [-0.3, -0.25) is 0 Å². The van der Waals surface area contributed by atoms with Gasteiger partial charge < -0.3 is 5.11 Å². The average Bonchev–Trinajstić information content (AvgIpc) is 2.70. The van der Waals surface area contributed by atoms with Gasteiger partial charge in [-0.1, -0.05) is 155 Å². The Hall–Kier alpha value is -0.0400. The van der Waals surface area contributed by atoms with Crippen molar-refractivity contribution in [3.8, 4) is 0 Å². The highest BCUT2D eigenvalue weighted by atomic mass is 16.3. The minimum atomic E-state index is -0.0302. The lowest BCUT2D eigenvalue weighted by molar-refractivity contribution is 0.147. The van der Waals surface area contributed by atoms with Crippen molar-refractivity contribution >= 4 is 0 Å². The maximum Gasteiger partial charge on any atom is 0.0540 e. The van der Waals surface area contributed by atoms with Crippen LogP contribution in [-0.4, -0.2) is 11.2 Å². The van der Waals surface area contributed by atoms with Gasteiger partial charge in [-0.2, -0.15) is 0 Å². The number of rotatable bonds is 24. The third-order valence-electron chi connectivity index (χ3n) is 6.28. The monoisotopic (exact) mass is 396 g/mol. The van der Waals surface area contributed by atoms with Crippen LogP contribution in [0, 0.1) is 0 Å². The Balaban J connectivity index is 3.11. The molecule has 0 aliphatic heterocycles. The van der Waals surface area contributed by atoms with E-state index in [9.17, 15) is 5.11 Å². The Labute approximate surface area is 179 Å². The summed E-state index contributed by atoms with van der Waals surface area (Å²) in [6, 6.07) is 0. The van der Waals surface area contributed by atoms with Crippen molar-refractivity contribution in [2.75, 3.05) is 0 Å². The summed E-state index contributed by atoms with van der Waals surface area (Å²) < 4.78 is 0. The van der Waals surface area contributed by atoms with Gasteiger partial charge in [0.25, 0.3) is 0 Å². The lowest BCUT2D eigenvalue weighted by Crippen LogP contribution is -2.05. The van der Waals surface area contributed by atoms with E-state index < -0.39 is 0 Å². The SMILES string of the molecule is CCCCCCCCCCCCCCCCC(O)CCCCCCCCCC. The second-order valence-electron chi connectivity index (χ2n) is 9.30. The fraction of sp³-hybridized carbons (Fsp3) is 1.00. The van der Waals surface area contributed by atoms with Crippen LogP contribution in [0.2, 0.25) is 0 Å². The molecule has 1 unspecified atom stereocenters. The van der Waals surface area contributed by atoms with E-state index in [2.05, 4.69) is 13.8 Å². The smallest absolute Gasteiger partial charge is 0.0540 e. The number of unbranched alkanes of at least 4 members (excludes halogenated alkanes) is 20. The molecule has 28 heavy (non-hydrogen) atoms. The predicted octanol–water partition coefficient (Wildman–Crippen LogP) is 9.75. The van der Waals surface area contributed by atoms with Crippen LogP contribution in [0.15, 0.2) is 0 Å². The van der Waals surface area contributed by atoms with Crippen LogP contribution in [0.5, 0.6) is 0 Å². The molecule has 0 aliphatic rings. The van der Waals surface area contributed by atoms with Gasteiger partial charge in [0.15, 0.2) is 0 Å². The van der Waals surface area contributed by atoms with Gasteiger partial charge in [0.2, 0.25) is 0 Å². The maximum absolute atomic E-state index is 10.1. The van der Waals surface area contributed by atoms with Crippen LogP contribution in [0.25, 0.3) is 0 Å². The van der Waals surface area contributed by atoms with E-state index in [0.717, 1.165) is 12.8 Å². The lowest BCUT2D eigenvalue weighted by atomic mass is 10.0. The largest absolute Gasteiger partial charge is 0.393 e. The van der Waals surface area contributed by atoms with Crippen LogP contribution in [-0.2, 0) is 0 Å². The van der Waals surface area contributed by atoms with Crippen molar-refractivity contribution in [2.45, 2.75) is 174 Å². The highest BCUT2D eigenvalue weighted by molar-refractivity contribution is 4.58. The normalized spacial score (nSPS) is 12.5. The van der Waals surface area contributed by atoms with Crippen LogP contribution < -0.4 is 0 Å². The molecule has 0 rings (SSSR count). The van der Waals surface area contributed by atoms with E-state index in [4.69, 9.17) is 0 Å². The van der Waals surface area contributed by atoms with Crippen molar-refractivity contribution in [1.29, 1.82) is 0 Å². The molecule has 0 aromatic rings. The van der Waals surface area contributed by atoms with Gasteiger partial charge >= 0.3 is 0 Å². The average molecular weight is 397 g/mol. The molecule has 0 saturated heterocycles. The molecule has 0 heterocycles. The summed E-state index contributed by atoms with van der Waals surface area (Å²) in [4.78, 5) is 0. The van der Waals surface area contributed by atoms with E-state index in [1.165, 1.54) is 141 Å². The standard InChI is InChI=1S/C27H56O/c1-3-5-7-9-11-13-14-15-16-17-18-20-22-24-26-27(28)25-23-21-19-12-10-8-6-4-2/h27-28H,3-26H2,1-2H3. The molecule has 0 spiro atoms. The topological polar surface area (TPSA) is 20.2 Å². The summed E-state index contributed by atoms with van der Waals surface area (Å²) >= 11 is 0. The second kappa shape index (κ2) is 25.0. The second-order valence-corrected chi connectivity index (χ2v) is 9.30. The molecular formula is C27H56O. The number of hydrogen-bond donors (Lipinski definition) is 1. The Morgan fingerprint density at radius 3 is 0.821 bits per heavy atom. The van der Waals surface area contributed by atoms with E-state index in [1.54, 1.807) is 0 Å². The maximum atomic E-state index is 10.1. The van der Waals surface area contributed by atoms with Gasteiger partial charge in [-0.05, 0) is 12.8 Å². The van der Waals surface area contributed by atoms with Gasteiger partial charge in [0, 0.05) is 0 Å². The first kappa shape index (κ1) is 28.0. The van der Waals surface area contributed by atoms with Gasteiger partial charge in [-0.25, -0.2) is 0 Å². The summed E-state index contributed by atoms with van der Waals surface area (Å²) in [6.45, 7) is 4.57. The lowest BCUT2D eigenvalue weighted by Gasteiger charge is -2.10. The van der Waals surface area contributed by atoms with Crippen LogP contribution in [0.4, 0.5) is 0 Å². The quantitative estimate of drug-likeness (QED) is 0.161. The Bertz CT molecular complexity index is 263. The third kappa shape index (κ3) is 24.0. The van der Waals surface area contributed by atoms with E-state index >= 15 is 0 Å².